The third-order valence-corrected chi connectivity index (χ3v) is 7.77. The molecule has 0 aliphatic heterocycles. The summed E-state index contributed by atoms with van der Waals surface area (Å²) < 4.78 is 14.5. The van der Waals surface area contributed by atoms with E-state index < -0.39 is 0 Å². The molecule has 5 rings (SSSR count). The fourth-order valence-corrected chi connectivity index (χ4v) is 6.06. The van der Waals surface area contributed by atoms with Gasteiger partial charge in [-0.2, -0.15) is 5.10 Å². The summed E-state index contributed by atoms with van der Waals surface area (Å²) in [5, 5.41) is 5.58. The van der Waals surface area contributed by atoms with Crippen LogP contribution < -0.4 is 11.0 Å². The molecule has 1 aliphatic carbocycles. The monoisotopic (exact) mass is 512 g/mol. The van der Waals surface area contributed by atoms with Crippen LogP contribution in [0.3, 0.4) is 0 Å². The number of carbonyl (C=O) groups excluding carboxylic acids is 1. The zero-order chi connectivity index (χ0) is 23.7. The van der Waals surface area contributed by atoms with Crippen molar-refractivity contribution in [2.45, 2.75) is 24.4 Å². The number of thiophene rings is 1. The first-order chi connectivity index (χ1) is 16.5. The summed E-state index contributed by atoms with van der Waals surface area (Å²) in [6, 6.07) is 12.7. The van der Waals surface area contributed by atoms with Gasteiger partial charge in [-0.3, -0.25) is 14.2 Å². The van der Waals surface area contributed by atoms with E-state index in [9.17, 15) is 14.0 Å². The lowest BCUT2D eigenvalue weighted by molar-refractivity contribution is -0.118. The van der Waals surface area contributed by atoms with Crippen molar-refractivity contribution in [3.05, 3.63) is 85.7 Å². The molecule has 0 radical (unpaired) electrons. The number of hydrogen-bond donors (Lipinski definition) is 1. The molecule has 2 aromatic heterocycles. The summed E-state index contributed by atoms with van der Waals surface area (Å²) in [5.41, 5.74) is 4.71. The molecule has 0 unspecified atom stereocenters. The van der Waals surface area contributed by atoms with Crippen LogP contribution in [0, 0.1) is 5.82 Å². The number of amides is 1. The van der Waals surface area contributed by atoms with Crippen molar-refractivity contribution in [3.63, 3.8) is 0 Å². The van der Waals surface area contributed by atoms with Gasteiger partial charge in [-0.1, -0.05) is 35.5 Å². The molecule has 0 saturated heterocycles. The van der Waals surface area contributed by atoms with Gasteiger partial charge in [0.2, 0.25) is 0 Å². The molecule has 1 amide bonds. The minimum atomic E-state index is -0.353. The number of halogens is 2. The quantitative estimate of drug-likeness (QED) is 0.171. The van der Waals surface area contributed by atoms with Crippen LogP contribution in [0.1, 0.15) is 22.4 Å². The molecule has 0 fully saturated rings. The molecule has 172 valence electrons. The Bertz CT molecular complexity index is 1460. The Morgan fingerprint density at radius 2 is 1.97 bits per heavy atom. The van der Waals surface area contributed by atoms with Crippen molar-refractivity contribution in [2.75, 3.05) is 5.75 Å². The smallest absolute Gasteiger partial charge is 0.267 e. The van der Waals surface area contributed by atoms with Crippen molar-refractivity contribution in [2.24, 2.45) is 5.10 Å². The predicted molar refractivity (Wildman–Crippen MR) is 135 cm³/mol. The van der Waals surface area contributed by atoms with E-state index in [0.717, 1.165) is 36.6 Å². The predicted octanol–water partition coefficient (Wildman–Crippen LogP) is 4.97. The van der Waals surface area contributed by atoms with E-state index in [4.69, 9.17) is 16.6 Å². The minimum absolute atomic E-state index is 0.0113. The number of rotatable bonds is 6. The van der Waals surface area contributed by atoms with Gasteiger partial charge in [-0.05, 0) is 66.8 Å². The van der Waals surface area contributed by atoms with E-state index in [1.54, 1.807) is 52.3 Å². The van der Waals surface area contributed by atoms with Crippen molar-refractivity contribution in [3.8, 4) is 5.69 Å². The average Bonchev–Trinajstić information content (AvgIpc) is 3.41. The molecule has 1 aliphatic rings. The van der Waals surface area contributed by atoms with Gasteiger partial charge in [0, 0.05) is 9.90 Å². The summed E-state index contributed by atoms with van der Waals surface area (Å²) in [5.74, 6) is -0.684. The first-order valence-corrected chi connectivity index (χ1v) is 12.7. The van der Waals surface area contributed by atoms with Crippen LogP contribution in [-0.4, -0.2) is 27.4 Å². The van der Waals surface area contributed by atoms with E-state index in [-0.39, 0.29) is 23.0 Å². The summed E-state index contributed by atoms with van der Waals surface area (Å²) in [6.07, 6.45) is 4.33. The second kappa shape index (κ2) is 9.69. The second-order valence-corrected chi connectivity index (χ2v) is 10.1. The Morgan fingerprint density at radius 1 is 1.21 bits per heavy atom. The lowest BCUT2D eigenvalue weighted by Crippen LogP contribution is -2.24. The van der Waals surface area contributed by atoms with Gasteiger partial charge in [-0.25, -0.2) is 14.8 Å². The molecule has 10 heteroatoms. The van der Waals surface area contributed by atoms with Gasteiger partial charge in [0.25, 0.3) is 11.5 Å². The Morgan fingerprint density at radius 3 is 2.74 bits per heavy atom. The van der Waals surface area contributed by atoms with Gasteiger partial charge in [0.1, 0.15) is 10.6 Å². The summed E-state index contributed by atoms with van der Waals surface area (Å²) in [4.78, 5) is 32.7. The van der Waals surface area contributed by atoms with Gasteiger partial charge >= 0.3 is 0 Å². The van der Waals surface area contributed by atoms with Crippen LogP contribution >= 0.6 is 34.7 Å². The highest BCUT2D eigenvalue weighted by atomic mass is 35.5. The highest BCUT2D eigenvalue weighted by Gasteiger charge is 2.24. The number of nitrogens with one attached hydrogen (secondary N) is 1. The number of aryl methyl sites for hydroxylation is 2. The fourth-order valence-electron chi connectivity index (χ4n) is 3.83. The molecule has 34 heavy (non-hydrogen) atoms. The average molecular weight is 513 g/mol. The normalized spacial score (nSPS) is 13.0. The standard InChI is InChI=1S/C24H18ClFN4O2S2/c25-15-6-10-17(11-7-15)30-23(32)21-18-2-1-3-19(18)34-22(21)28-24(30)33-13-20(31)29-27-12-14-4-8-16(26)9-5-14/h4-12H,1-3,13H2,(H,29,31). The molecule has 2 aromatic carbocycles. The molecule has 4 aromatic rings. The Hall–Kier alpha value is -3.01. The van der Waals surface area contributed by atoms with E-state index in [1.807, 2.05) is 0 Å². The van der Waals surface area contributed by atoms with E-state index >= 15 is 0 Å². The Balaban J connectivity index is 1.41. The third-order valence-electron chi connectivity index (χ3n) is 5.40. The van der Waals surface area contributed by atoms with Gasteiger partial charge in [-0.15, -0.1) is 11.3 Å². The van der Waals surface area contributed by atoms with Crippen LogP contribution in [-0.2, 0) is 17.6 Å². The maximum atomic E-state index is 13.6. The lowest BCUT2D eigenvalue weighted by Gasteiger charge is -2.12. The number of thioether (sulfide) groups is 1. The highest BCUT2D eigenvalue weighted by molar-refractivity contribution is 7.99. The summed E-state index contributed by atoms with van der Waals surface area (Å²) in [6.45, 7) is 0. The minimum Gasteiger partial charge on any atom is -0.272 e. The van der Waals surface area contributed by atoms with Crippen LogP contribution in [0.2, 0.25) is 5.02 Å². The van der Waals surface area contributed by atoms with Crippen molar-refractivity contribution in [1.82, 2.24) is 15.0 Å². The second-order valence-electron chi connectivity index (χ2n) is 7.68. The van der Waals surface area contributed by atoms with E-state index in [2.05, 4.69) is 10.5 Å². The molecule has 0 saturated carbocycles. The van der Waals surface area contributed by atoms with Crippen molar-refractivity contribution >= 4 is 57.0 Å². The molecular weight excluding hydrogens is 495 g/mol. The SMILES string of the molecule is O=C(CSc1nc2sc3c(c2c(=O)n1-c1ccc(Cl)cc1)CCC3)NN=Cc1ccc(F)cc1. The molecule has 0 bridgehead atoms. The number of fused-ring (bicyclic) bond motifs is 3. The topological polar surface area (TPSA) is 76.3 Å². The number of aromatic nitrogens is 2. The number of hydrazone groups is 1. The molecule has 0 spiro atoms. The van der Waals surface area contributed by atoms with Crippen LogP contribution in [0.5, 0.6) is 0 Å². The molecule has 6 nitrogen and oxygen atoms in total. The number of benzene rings is 2. The largest absolute Gasteiger partial charge is 0.272 e. The maximum absolute atomic E-state index is 13.6. The zero-order valence-corrected chi connectivity index (χ0v) is 20.1. The van der Waals surface area contributed by atoms with Crippen molar-refractivity contribution in [1.29, 1.82) is 0 Å². The van der Waals surface area contributed by atoms with E-state index in [0.29, 0.717) is 31.6 Å². The Labute approximate surface area is 207 Å². The Kier molecular flexibility index (Phi) is 6.49. The molecule has 0 atom stereocenters. The fraction of sp³-hybridized carbons (Fsp3) is 0.167. The van der Waals surface area contributed by atoms with Gasteiger partial charge in [0.15, 0.2) is 5.16 Å². The number of hydrogen-bond acceptors (Lipinski definition) is 6. The number of nitrogens with zero attached hydrogens (tertiary/aromatic N) is 3. The first-order valence-electron chi connectivity index (χ1n) is 10.5. The third kappa shape index (κ3) is 4.64. The maximum Gasteiger partial charge on any atom is 0.267 e. The van der Waals surface area contributed by atoms with Gasteiger partial charge in [0.05, 0.1) is 23.0 Å². The number of carbonyl (C=O) groups is 1. The van der Waals surface area contributed by atoms with E-state index in [1.165, 1.54) is 23.2 Å². The highest BCUT2D eigenvalue weighted by Crippen LogP contribution is 2.36. The van der Waals surface area contributed by atoms with Crippen LogP contribution in [0.25, 0.3) is 15.9 Å². The molecule has 1 N–H and O–H groups in total. The van der Waals surface area contributed by atoms with Gasteiger partial charge < -0.3 is 0 Å². The molecule has 2 heterocycles. The summed E-state index contributed by atoms with van der Waals surface area (Å²) >= 11 is 8.77. The lowest BCUT2D eigenvalue weighted by atomic mass is 10.2. The van der Waals surface area contributed by atoms with Crippen LogP contribution in [0.15, 0.2) is 63.6 Å². The zero-order valence-electron chi connectivity index (χ0n) is 17.8. The van der Waals surface area contributed by atoms with Crippen LogP contribution in [0.4, 0.5) is 4.39 Å². The summed E-state index contributed by atoms with van der Waals surface area (Å²) in [7, 11) is 0. The van der Waals surface area contributed by atoms with Crippen molar-refractivity contribution < 1.29 is 9.18 Å². The molecular formula is C24H18ClFN4O2S2. The first kappa shape index (κ1) is 22.8.